The third-order valence-electron chi connectivity index (χ3n) is 7.05. The molecule has 6 rings (SSSR count). The number of benzene rings is 3. The Bertz CT molecular complexity index is 1560. The fourth-order valence-electron chi connectivity index (χ4n) is 4.88. The van der Waals surface area contributed by atoms with Gasteiger partial charge in [-0.3, -0.25) is 9.59 Å². The minimum absolute atomic E-state index is 0.00690. The number of aromatic nitrogens is 2. The molecule has 0 bridgehead atoms. The summed E-state index contributed by atoms with van der Waals surface area (Å²) >= 11 is 0. The number of aromatic amines is 1. The first-order valence-corrected chi connectivity index (χ1v) is 13.1. The summed E-state index contributed by atoms with van der Waals surface area (Å²) < 4.78 is 5.33. The zero-order chi connectivity index (χ0) is 26.6. The third kappa shape index (κ3) is 5.47. The summed E-state index contributed by atoms with van der Waals surface area (Å²) in [6.45, 7) is 4.46. The average Bonchev–Trinajstić information content (AvgIpc) is 3.68. The lowest BCUT2D eigenvalue weighted by molar-refractivity contribution is 0.0303. The predicted molar refractivity (Wildman–Crippen MR) is 147 cm³/mol. The lowest BCUT2D eigenvalue weighted by Gasteiger charge is -2.26. The molecule has 0 aliphatic carbocycles. The first-order chi connectivity index (χ1) is 19.1. The number of nitrogens with zero attached hydrogens (tertiary/aromatic N) is 6. The third-order valence-corrected chi connectivity index (χ3v) is 7.05. The van der Waals surface area contributed by atoms with E-state index < -0.39 is 5.91 Å². The van der Waals surface area contributed by atoms with Crippen molar-refractivity contribution in [1.29, 1.82) is 0 Å². The Morgan fingerprint density at radius 3 is 2.33 bits per heavy atom. The van der Waals surface area contributed by atoms with Gasteiger partial charge in [0.05, 0.1) is 24.2 Å². The fourth-order valence-corrected chi connectivity index (χ4v) is 4.88. The molecule has 2 aliphatic heterocycles. The van der Waals surface area contributed by atoms with Gasteiger partial charge >= 0.3 is 5.91 Å². The highest BCUT2D eigenvalue weighted by atomic mass is 16.5. The van der Waals surface area contributed by atoms with Crippen molar-refractivity contribution >= 4 is 34.2 Å². The van der Waals surface area contributed by atoms with E-state index in [9.17, 15) is 9.59 Å². The van der Waals surface area contributed by atoms with Gasteiger partial charge < -0.3 is 19.5 Å². The summed E-state index contributed by atoms with van der Waals surface area (Å²) in [4.78, 5) is 40.9. The fraction of sp³-hybridized carbons (Fsp3) is 0.276. The van der Waals surface area contributed by atoms with Crippen molar-refractivity contribution in [2.24, 2.45) is 10.2 Å². The molecule has 196 valence electrons. The van der Waals surface area contributed by atoms with Crippen molar-refractivity contribution < 1.29 is 14.3 Å². The number of ether oxygens (including phenoxy) is 1. The van der Waals surface area contributed by atoms with E-state index in [2.05, 4.69) is 30.0 Å². The van der Waals surface area contributed by atoms with Gasteiger partial charge in [-0.05, 0) is 67.4 Å². The van der Waals surface area contributed by atoms with Crippen LogP contribution in [-0.4, -0.2) is 66.1 Å². The number of H-pyrrole nitrogens is 1. The quantitative estimate of drug-likeness (QED) is 0.300. The van der Waals surface area contributed by atoms with E-state index in [-0.39, 0.29) is 5.91 Å². The highest BCUT2D eigenvalue weighted by molar-refractivity contribution is 5.95. The number of fused-ring (bicyclic) bond motifs is 1. The number of carbonyl (C=O) groups is 2. The van der Waals surface area contributed by atoms with Crippen LogP contribution in [0.5, 0.6) is 0 Å². The lowest BCUT2D eigenvalue weighted by Crippen LogP contribution is -2.40. The standard InChI is InChI=1S/C29H27N7O3/c37-28(21-7-10-24(11-8-21)35-13-1-2-14-35)33-34-32-23-9-12-25-26(19-23)31-27(30-25)20-3-5-22(6-4-20)29(38)36-15-17-39-18-16-36/h3-12,19H,1-2,13-18H2/p+1. The van der Waals surface area contributed by atoms with Crippen molar-refractivity contribution in [3.63, 3.8) is 0 Å². The zero-order valence-corrected chi connectivity index (χ0v) is 21.4. The number of anilines is 1. The monoisotopic (exact) mass is 522 g/mol. The van der Waals surface area contributed by atoms with Crippen LogP contribution in [0.25, 0.3) is 22.4 Å². The molecule has 10 heteroatoms. The van der Waals surface area contributed by atoms with Crippen LogP contribution in [0.3, 0.4) is 0 Å². The molecule has 0 spiro atoms. The summed E-state index contributed by atoms with van der Waals surface area (Å²) in [6.07, 6.45) is 2.40. The van der Waals surface area contributed by atoms with Crippen molar-refractivity contribution in [2.75, 3.05) is 44.3 Å². The highest BCUT2D eigenvalue weighted by Crippen LogP contribution is 2.25. The maximum atomic E-state index is 12.7. The maximum absolute atomic E-state index is 12.7. The molecule has 2 amide bonds. The second-order valence-corrected chi connectivity index (χ2v) is 9.60. The molecule has 0 atom stereocenters. The number of amides is 2. The maximum Gasteiger partial charge on any atom is 0.360 e. The Hall–Kier alpha value is -4.66. The summed E-state index contributed by atoms with van der Waals surface area (Å²) in [5.74, 6) is 0.251. The summed E-state index contributed by atoms with van der Waals surface area (Å²) in [6, 6.07) is 20.3. The smallest absolute Gasteiger partial charge is 0.360 e. The van der Waals surface area contributed by atoms with Crippen LogP contribution in [0.4, 0.5) is 11.4 Å². The summed E-state index contributed by atoms with van der Waals surface area (Å²) in [5.41, 5.74) is 5.19. The second kappa shape index (κ2) is 11.0. The second-order valence-electron chi connectivity index (χ2n) is 9.60. The topological polar surface area (TPSA) is 117 Å². The Balaban J connectivity index is 1.13. The number of morpholine rings is 1. The molecule has 3 aromatic carbocycles. The molecule has 3 heterocycles. The van der Waals surface area contributed by atoms with Gasteiger partial charge in [0.15, 0.2) is 10.8 Å². The van der Waals surface area contributed by atoms with E-state index in [0.717, 1.165) is 35.4 Å². The van der Waals surface area contributed by atoms with E-state index in [1.165, 1.54) is 12.8 Å². The first-order valence-electron chi connectivity index (χ1n) is 13.1. The van der Waals surface area contributed by atoms with Gasteiger partial charge in [-0.1, -0.05) is 12.1 Å². The molecule has 2 fully saturated rings. The lowest BCUT2D eigenvalue weighted by atomic mass is 10.1. The van der Waals surface area contributed by atoms with E-state index in [1.54, 1.807) is 29.2 Å². The number of hydrogen-bond acceptors (Lipinski definition) is 6. The highest BCUT2D eigenvalue weighted by Gasteiger charge is 2.19. The van der Waals surface area contributed by atoms with Crippen LogP contribution >= 0.6 is 0 Å². The van der Waals surface area contributed by atoms with E-state index >= 15 is 0 Å². The van der Waals surface area contributed by atoms with Gasteiger partial charge in [0.2, 0.25) is 10.0 Å². The average molecular weight is 523 g/mol. The Labute approximate surface area is 225 Å². The molecule has 0 unspecified atom stereocenters. The van der Waals surface area contributed by atoms with Gasteiger partial charge in [0, 0.05) is 48.6 Å². The number of imidazole rings is 1. The van der Waals surface area contributed by atoms with E-state index in [4.69, 9.17) is 4.74 Å². The summed E-state index contributed by atoms with van der Waals surface area (Å²) in [5, 5.41) is 7.84. The molecule has 1 aromatic heterocycles. The molecule has 4 aromatic rings. The normalized spacial score (nSPS) is 15.3. The van der Waals surface area contributed by atoms with Crippen molar-refractivity contribution in [1.82, 2.24) is 19.8 Å². The molecular formula is C29H28N7O3+. The van der Waals surface area contributed by atoms with Crippen LogP contribution < -0.4 is 9.81 Å². The molecule has 39 heavy (non-hydrogen) atoms. The van der Waals surface area contributed by atoms with Crippen LogP contribution in [0.1, 0.15) is 33.6 Å². The van der Waals surface area contributed by atoms with Gasteiger partial charge in [0.25, 0.3) is 5.91 Å². The Morgan fingerprint density at radius 2 is 1.59 bits per heavy atom. The van der Waals surface area contributed by atoms with Gasteiger partial charge in [0.1, 0.15) is 5.82 Å². The van der Waals surface area contributed by atoms with Crippen LogP contribution in [0.2, 0.25) is 0 Å². The van der Waals surface area contributed by atoms with Gasteiger partial charge in [-0.15, -0.1) is 0 Å². The van der Waals surface area contributed by atoms with Crippen LogP contribution in [-0.2, 0) is 4.74 Å². The van der Waals surface area contributed by atoms with Crippen LogP contribution in [0.15, 0.2) is 77.0 Å². The largest absolute Gasteiger partial charge is 0.378 e. The number of hydrogen-bond donors (Lipinski definition) is 1. The van der Waals surface area contributed by atoms with Gasteiger partial charge in [-0.25, -0.2) is 4.98 Å². The number of nitrogens with one attached hydrogen (secondary N) is 1. The first kappa shape index (κ1) is 24.7. The molecule has 10 nitrogen and oxygen atoms in total. The van der Waals surface area contributed by atoms with E-state index in [0.29, 0.717) is 48.9 Å². The Kier molecular flexibility index (Phi) is 6.95. The predicted octanol–water partition coefficient (Wildman–Crippen LogP) is 4.75. The molecular weight excluding hydrogens is 494 g/mol. The molecule has 2 aliphatic rings. The van der Waals surface area contributed by atoms with Crippen molar-refractivity contribution in [2.45, 2.75) is 12.8 Å². The number of carbonyl (C=O) groups excluding carboxylic acids is 2. The Morgan fingerprint density at radius 1 is 0.872 bits per heavy atom. The minimum atomic E-state index is -0.438. The van der Waals surface area contributed by atoms with Crippen molar-refractivity contribution in [3.8, 4) is 11.4 Å². The molecule has 0 radical (unpaired) electrons. The minimum Gasteiger partial charge on any atom is -0.378 e. The van der Waals surface area contributed by atoms with E-state index in [1.807, 2.05) is 42.5 Å². The SMILES string of the molecule is O=C(N=[N+]=Nc1ccc2nc(-c3ccc(C(=O)N4CCOCC4)cc3)[nH]c2c1)c1ccc(N2CCCC2)cc1. The van der Waals surface area contributed by atoms with Crippen LogP contribution in [0, 0.1) is 0 Å². The van der Waals surface area contributed by atoms with Gasteiger partial charge in [-0.2, -0.15) is 0 Å². The van der Waals surface area contributed by atoms with Crippen molar-refractivity contribution in [3.05, 3.63) is 77.9 Å². The number of rotatable bonds is 5. The summed E-state index contributed by atoms with van der Waals surface area (Å²) in [7, 11) is 0. The molecule has 1 N–H and O–H groups in total. The zero-order valence-electron chi connectivity index (χ0n) is 21.4. The molecule has 2 saturated heterocycles. The molecule has 0 saturated carbocycles.